The maximum atomic E-state index is 5.15. The van der Waals surface area contributed by atoms with Crippen LogP contribution in [0, 0.1) is 6.92 Å². The van der Waals surface area contributed by atoms with E-state index in [-0.39, 0.29) is 0 Å². The van der Waals surface area contributed by atoms with Crippen LogP contribution >= 0.6 is 0 Å². The fourth-order valence-corrected chi connectivity index (χ4v) is 7.67. The molecule has 4 nitrogen and oxygen atoms in total. The predicted molar refractivity (Wildman–Crippen MR) is 219 cm³/mol. The van der Waals surface area contributed by atoms with Gasteiger partial charge in [0, 0.05) is 34.1 Å². The van der Waals surface area contributed by atoms with Crippen LogP contribution in [-0.4, -0.2) is 19.9 Å². The normalized spacial score (nSPS) is 11.5. The molecule has 0 N–H and O–H groups in total. The van der Waals surface area contributed by atoms with Gasteiger partial charge in [-0.1, -0.05) is 133 Å². The Morgan fingerprint density at radius 1 is 0.340 bits per heavy atom. The second kappa shape index (κ2) is 12.6. The molecule has 2 aromatic heterocycles. The first-order chi connectivity index (χ1) is 26.2. The van der Waals surface area contributed by atoms with Gasteiger partial charge in [0.05, 0.1) is 0 Å². The van der Waals surface area contributed by atoms with Gasteiger partial charge < -0.3 is 0 Å². The Bertz CT molecular complexity index is 2900. The second-order valence-corrected chi connectivity index (χ2v) is 13.5. The lowest BCUT2D eigenvalue weighted by atomic mass is 9.87. The average molecular weight is 677 g/mol. The Kier molecular flexibility index (Phi) is 7.33. The number of aromatic nitrogens is 4. The first-order valence-electron chi connectivity index (χ1n) is 17.9. The molecular formula is C49H32N4. The Balaban J connectivity index is 1.25. The molecule has 0 fully saturated rings. The Morgan fingerprint density at radius 2 is 0.887 bits per heavy atom. The third-order valence-corrected chi connectivity index (χ3v) is 10.2. The largest absolute Gasteiger partial charge is 0.261 e. The summed E-state index contributed by atoms with van der Waals surface area (Å²) in [5.41, 5.74) is 10.5. The smallest absolute Gasteiger partial charge is 0.164 e. The average Bonchev–Trinajstić information content (AvgIpc) is 3.23. The van der Waals surface area contributed by atoms with Crippen LogP contribution in [0.5, 0.6) is 0 Å². The molecule has 2 heterocycles. The van der Waals surface area contributed by atoms with Crippen molar-refractivity contribution in [1.29, 1.82) is 0 Å². The summed E-state index contributed by atoms with van der Waals surface area (Å²) in [6, 6.07) is 60.0. The Morgan fingerprint density at radius 3 is 1.60 bits per heavy atom. The van der Waals surface area contributed by atoms with Crippen molar-refractivity contribution in [3.63, 3.8) is 0 Å². The SMILES string of the molecule is Cc1ncccc1-c1cccc(-c2cc(-c3nc(-c4ccccc4)nc(-c4ccccc4)n3)cc(-c3cc4cccc5ccc6cccc3c6c54)c2)c1. The van der Waals surface area contributed by atoms with Crippen LogP contribution in [-0.2, 0) is 0 Å². The topological polar surface area (TPSA) is 51.6 Å². The Hall–Kier alpha value is -7.04. The summed E-state index contributed by atoms with van der Waals surface area (Å²) in [5, 5.41) is 7.53. The molecule has 0 spiro atoms. The van der Waals surface area contributed by atoms with Gasteiger partial charge in [0.15, 0.2) is 17.5 Å². The van der Waals surface area contributed by atoms with Gasteiger partial charge in [-0.05, 0) is 103 Å². The zero-order chi connectivity index (χ0) is 35.3. The molecule has 0 unspecified atom stereocenters. The summed E-state index contributed by atoms with van der Waals surface area (Å²) in [6.07, 6.45) is 1.84. The molecule has 53 heavy (non-hydrogen) atoms. The zero-order valence-electron chi connectivity index (χ0n) is 29.0. The van der Waals surface area contributed by atoms with Crippen molar-refractivity contribution < 1.29 is 0 Å². The van der Waals surface area contributed by atoms with Crippen molar-refractivity contribution in [2.75, 3.05) is 0 Å². The van der Waals surface area contributed by atoms with Crippen LogP contribution in [0.25, 0.3) is 99.9 Å². The lowest BCUT2D eigenvalue weighted by Crippen LogP contribution is -2.00. The lowest BCUT2D eigenvalue weighted by molar-refractivity contribution is 1.07. The summed E-state index contributed by atoms with van der Waals surface area (Å²) in [4.78, 5) is 19.9. The summed E-state index contributed by atoms with van der Waals surface area (Å²) >= 11 is 0. The maximum Gasteiger partial charge on any atom is 0.164 e. The molecule has 0 atom stereocenters. The minimum Gasteiger partial charge on any atom is -0.261 e. The van der Waals surface area contributed by atoms with Gasteiger partial charge in [0.1, 0.15) is 0 Å². The van der Waals surface area contributed by atoms with E-state index < -0.39 is 0 Å². The van der Waals surface area contributed by atoms with E-state index in [1.54, 1.807) is 0 Å². The number of aryl methyl sites for hydroxylation is 1. The highest BCUT2D eigenvalue weighted by Gasteiger charge is 2.18. The molecule has 10 aromatic rings. The van der Waals surface area contributed by atoms with Gasteiger partial charge in [0.25, 0.3) is 0 Å². The van der Waals surface area contributed by atoms with E-state index in [0.29, 0.717) is 17.5 Å². The summed E-state index contributed by atoms with van der Waals surface area (Å²) in [5.74, 6) is 1.90. The van der Waals surface area contributed by atoms with E-state index in [4.69, 9.17) is 15.0 Å². The number of hydrogen-bond donors (Lipinski definition) is 0. The number of pyridine rings is 1. The minimum atomic E-state index is 0.622. The van der Waals surface area contributed by atoms with Crippen molar-refractivity contribution in [3.05, 3.63) is 182 Å². The quantitative estimate of drug-likeness (QED) is 0.165. The fourth-order valence-electron chi connectivity index (χ4n) is 7.67. The van der Waals surface area contributed by atoms with Gasteiger partial charge in [-0.3, -0.25) is 4.98 Å². The molecule has 0 aliphatic rings. The zero-order valence-corrected chi connectivity index (χ0v) is 29.0. The van der Waals surface area contributed by atoms with Gasteiger partial charge in [-0.15, -0.1) is 0 Å². The third kappa shape index (κ3) is 5.49. The molecular weight excluding hydrogens is 645 g/mol. The van der Waals surface area contributed by atoms with E-state index in [9.17, 15) is 0 Å². The second-order valence-electron chi connectivity index (χ2n) is 13.5. The maximum absolute atomic E-state index is 5.15. The van der Waals surface area contributed by atoms with E-state index in [1.165, 1.54) is 37.9 Å². The highest BCUT2D eigenvalue weighted by atomic mass is 15.0. The van der Waals surface area contributed by atoms with Crippen LogP contribution < -0.4 is 0 Å². The molecule has 0 aliphatic carbocycles. The molecule has 248 valence electrons. The molecule has 0 bridgehead atoms. The Labute approximate surface area is 307 Å². The highest BCUT2D eigenvalue weighted by Crippen LogP contribution is 2.42. The van der Waals surface area contributed by atoms with Gasteiger partial charge >= 0.3 is 0 Å². The highest BCUT2D eigenvalue weighted by molar-refractivity contribution is 6.26. The monoisotopic (exact) mass is 676 g/mol. The fraction of sp³-hybridized carbons (Fsp3) is 0.0204. The molecule has 10 rings (SSSR count). The molecule has 0 amide bonds. The molecule has 0 saturated heterocycles. The first-order valence-corrected chi connectivity index (χ1v) is 17.9. The molecule has 8 aromatic carbocycles. The molecule has 0 saturated carbocycles. The van der Waals surface area contributed by atoms with Crippen LogP contribution in [0.1, 0.15) is 5.69 Å². The number of benzene rings is 8. The number of hydrogen-bond acceptors (Lipinski definition) is 4. The third-order valence-electron chi connectivity index (χ3n) is 10.2. The first kappa shape index (κ1) is 30.8. The van der Waals surface area contributed by atoms with Gasteiger partial charge in [-0.2, -0.15) is 0 Å². The van der Waals surface area contributed by atoms with Crippen molar-refractivity contribution in [3.8, 4) is 67.5 Å². The van der Waals surface area contributed by atoms with E-state index in [1.807, 2.05) is 72.9 Å². The summed E-state index contributed by atoms with van der Waals surface area (Å²) in [7, 11) is 0. The molecule has 0 aliphatic heterocycles. The van der Waals surface area contributed by atoms with Crippen LogP contribution in [0.4, 0.5) is 0 Å². The molecule has 4 heteroatoms. The molecule has 0 radical (unpaired) electrons. The van der Waals surface area contributed by atoms with Crippen LogP contribution in [0.2, 0.25) is 0 Å². The van der Waals surface area contributed by atoms with Crippen LogP contribution in [0.3, 0.4) is 0 Å². The summed E-state index contributed by atoms with van der Waals surface area (Å²) < 4.78 is 0. The van der Waals surface area contributed by atoms with E-state index >= 15 is 0 Å². The van der Waals surface area contributed by atoms with Crippen molar-refractivity contribution in [2.45, 2.75) is 6.92 Å². The number of nitrogens with zero attached hydrogens (tertiary/aromatic N) is 4. The minimum absolute atomic E-state index is 0.622. The van der Waals surface area contributed by atoms with Gasteiger partial charge in [0.2, 0.25) is 0 Å². The van der Waals surface area contributed by atoms with Crippen molar-refractivity contribution in [2.24, 2.45) is 0 Å². The van der Waals surface area contributed by atoms with Gasteiger partial charge in [-0.25, -0.2) is 15.0 Å². The summed E-state index contributed by atoms with van der Waals surface area (Å²) in [6.45, 7) is 2.06. The standard InChI is InChI=1S/C49H32N4/c1-31-42(22-11-25-50-31)37-19-9-18-36(26-37)39-27-40(44-30-38-20-8-16-32-23-24-33-17-10-21-43(44)46(33)45(32)38)29-41(28-39)49-52-47(34-12-4-2-5-13-34)51-48(53-49)35-14-6-3-7-15-35/h2-30H,1H3. The van der Waals surface area contributed by atoms with Crippen molar-refractivity contribution >= 4 is 32.3 Å². The number of rotatable bonds is 6. The van der Waals surface area contributed by atoms with Crippen molar-refractivity contribution in [1.82, 2.24) is 19.9 Å². The predicted octanol–water partition coefficient (Wildman–Crippen LogP) is 12.5. The van der Waals surface area contributed by atoms with E-state index in [2.05, 4.69) is 115 Å². The van der Waals surface area contributed by atoms with E-state index in [0.717, 1.165) is 50.2 Å². The van der Waals surface area contributed by atoms with Crippen LogP contribution in [0.15, 0.2) is 176 Å². The lowest BCUT2D eigenvalue weighted by Gasteiger charge is -2.17.